The molecular formula is C10H5F4NO. The molecule has 0 fully saturated rings. The molecule has 0 amide bonds. The van der Waals surface area contributed by atoms with Crippen LogP contribution in [-0.4, -0.2) is 4.98 Å². The van der Waals surface area contributed by atoms with Crippen LogP contribution in [0.1, 0.15) is 5.56 Å². The van der Waals surface area contributed by atoms with Gasteiger partial charge in [0.05, 0.1) is 10.9 Å². The molecule has 0 aliphatic heterocycles. The molecule has 0 aliphatic carbocycles. The van der Waals surface area contributed by atoms with Crippen LogP contribution in [0.2, 0.25) is 0 Å². The van der Waals surface area contributed by atoms with E-state index in [-0.39, 0.29) is 10.8 Å². The van der Waals surface area contributed by atoms with Crippen molar-refractivity contribution < 1.29 is 17.6 Å². The SMILES string of the molecule is O=c1[nH]cc(C(F)(F)F)c2ccc(F)cc12. The van der Waals surface area contributed by atoms with Crippen molar-refractivity contribution in [2.45, 2.75) is 6.18 Å². The average molecular weight is 231 g/mol. The highest BCUT2D eigenvalue weighted by Gasteiger charge is 2.33. The van der Waals surface area contributed by atoms with Gasteiger partial charge in [0.1, 0.15) is 5.82 Å². The highest BCUT2D eigenvalue weighted by molar-refractivity contribution is 5.85. The normalized spacial score (nSPS) is 12.0. The molecule has 2 nitrogen and oxygen atoms in total. The second-order valence-corrected chi connectivity index (χ2v) is 3.22. The molecule has 6 heteroatoms. The molecule has 0 saturated heterocycles. The molecule has 0 saturated carbocycles. The van der Waals surface area contributed by atoms with E-state index < -0.39 is 23.1 Å². The molecule has 0 spiro atoms. The summed E-state index contributed by atoms with van der Waals surface area (Å²) in [7, 11) is 0. The van der Waals surface area contributed by atoms with E-state index in [0.717, 1.165) is 18.2 Å². The number of hydrogen-bond acceptors (Lipinski definition) is 1. The van der Waals surface area contributed by atoms with Gasteiger partial charge in [0.15, 0.2) is 0 Å². The summed E-state index contributed by atoms with van der Waals surface area (Å²) >= 11 is 0. The van der Waals surface area contributed by atoms with Gasteiger partial charge in [-0.15, -0.1) is 0 Å². The number of hydrogen-bond donors (Lipinski definition) is 1. The maximum atomic E-state index is 12.8. The van der Waals surface area contributed by atoms with Crippen LogP contribution in [0, 0.1) is 5.82 Å². The summed E-state index contributed by atoms with van der Waals surface area (Å²) in [5.41, 5.74) is -1.73. The number of nitrogens with one attached hydrogen (secondary N) is 1. The van der Waals surface area contributed by atoms with Gasteiger partial charge in [-0.1, -0.05) is 6.07 Å². The first-order chi connectivity index (χ1) is 7.39. The largest absolute Gasteiger partial charge is 0.418 e. The second kappa shape index (κ2) is 3.33. The monoisotopic (exact) mass is 231 g/mol. The lowest BCUT2D eigenvalue weighted by Gasteiger charge is -2.09. The molecule has 0 bridgehead atoms. The van der Waals surface area contributed by atoms with Crippen molar-refractivity contribution in [1.29, 1.82) is 0 Å². The maximum absolute atomic E-state index is 12.8. The zero-order chi connectivity index (χ0) is 11.9. The van der Waals surface area contributed by atoms with E-state index in [4.69, 9.17) is 0 Å². The summed E-state index contributed by atoms with van der Waals surface area (Å²) in [5.74, 6) is -0.752. The third kappa shape index (κ3) is 1.66. The fourth-order valence-corrected chi connectivity index (χ4v) is 1.47. The van der Waals surface area contributed by atoms with Crippen molar-refractivity contribution in [3.8, 4) is 0 Å². The summed E-state index contributed by atoms with van der Waals surface area (Å²) in [4.78, 5) is 13.2. The summed E-state index contributed by atoms with van der Waals surface area (Å²) in [6.45, 7) is 0. The predicted octanol–water partition coefficient (Wildman–Crippen LogP) is 2.69. The third-order valence-electron chi connectivity index (χ3n) is 2.17. The first kappa shape index (κ1) is 10.7. The van der Waals surface area contributed by atoms with Crippen molar-refractivity contribution in [3.05, 3.63) is 46.1 Å². The van der Waals surface area contributed by atoms with Crippen LogP contribution in [0.15, 0.2) is 29.2 Å². The maximum Gasteiger partial charge on any atom is 0.418 e. The summed E-state index contributed by atoms with van der Waals surface area (Å²) in [5, 5.41) is -0.618. The van der Waals surface area contributed by atoms with Gasteiger partial charge in [-0.2, -0.15) is 13.2 Å². The molecule has 0 unspecified atom stereocenters. The zero-order valence-corrected chi connectivity index (χ0v) is 7.73. The number of H-pyrrole nitrogens is 1. The number of benzene rings is 1. The Labute approximate surface area is 86.5 Å². The predicted molar refractivity (Wildman–Crippen MR) is 49.5 cm³/mol. The van der Waals surface area contributed by atoms with Gasteiger partial charge in [0.2, 0.25) is 0 Å². The summed E-state index contributed by atoms with van der Waals surface area (Å²) in [6.07, 6.45) is -4.00. The Morgan fingerprint density at radius 1 is 1.12 bits per heavy atom. The van der Waals surface area contributed by atoms with Gasteiger partial charge in [-0.3, -0.25) is 4.79 Å². The summed E-state index contributed by atoms with van der Waals surface area (Å²) < 4.78 is 50.4. The van der Waals surface area contributed by atoms with Crippen LogP contribution in [0.5, 0.6) is 0 Å². The van der Waals surface area contributed by atoms with Crippen LogP contribution in [0.4, 0.5) is 17.6 Å². The first-order valence-electron chi connectivity index (χ1n) is 4.28. The number of aromatic amines is 1. The van der Waals surface area contributed by atoms with Gasteiger partial charge < -0.3 is 4.98 Å². The van der Waals surface area contributed by atoms with E-state index in [0.29, 0.717) is 6.20 Å². The van der Waals surface area contributed by atoms with Crippen molar-refractivity contribution in [2.75, 3.05) is 0 Å². The molecule has 1 N–H and O–H groups in total. The van der Waals surface area contributed by atoms with Gasteiger partial charge in [0, 0.05) is 11.6 Å². The van der Waals surface area contributed by atoms with Gasteiger partial charge in [0.25, 0.3) is 5.56 Å². The smallest absolute Gasteiger partial charge is 0.328 e. The molecule has 2 aromatic rings. The van der Waals surface area contributed by atoms with Crippen molar-refractivity contribution in [1.82, 2.24) is 4.98 Å². The first-order valence-corrected chi connectivity index (χ1v) is 4.28. The minimum absolute atomic E-state index is 0.308. The number of fused-ring (bicyclic) bond motifs is 1. The Hall–Kier alpha value is -1.85. The number of aromatic nitrogens is 1. The van der Waals surface area contributed by atoms with E-state index in [1.165, 1.54) is 0 Å². The second-order valence-electron chi connectivity index (χ2n) is 3.22. The highest BCUT2D eigenvalue weighted by Crippen LogP contribution is 2.33. The Morgan fingerprint density at radius 2 is 1.81 bits per heavy atom. The number of pyridine rings is 1. The van der Waals surface area contributed by atoms with Crippen LogP contribution in [0.3, 0.4) is 0 Å². The molecule has 0 radical (unpaired) electrons. The van der Waals surface area contributed by atoms with E-state index >= 15 is 0 Å². The molecule has 16 heavy (non-hydrogen) atoms. The highest BCUT2D eigenvalue weighted by atomic mass is 19.4. The minimum atomic E-state index is -4.58. The van der Waals surface area contributed by atoms with Crippen molar-refractivity contribution in [2.24, 2.45) is 0 Å². The van der Waals surface area contributed by atoms with E-state index in [2.05, 4.69) is 0 Å². The lowest BCUT2D eigenvalue weighted by atomic mass is 10.1. The van der Waals surface area contributed by atoms with Crippen LogP contribution in [0.25, 0.3) is 10.8 Å². The molecule has 1 aromatic carbocycles. The Bertz CT molecular complexity index is 600. The van der Waals surface area contributed by atoms with Gasteiger partial charge in [-0.25, -0.2) is 4.39 Å². The van der Waals surface area contributed by atoms with E-state index in [1.807, 2.05) is 4.98 Å². The molecule has 0 aliphatic rings. The number of halogens is 4. The number of rotatable bonds is 0. The molecule has 84 valence electrons. The molecule has 1 heterocycles. The molecular weight excluding hydrogens is 226 g/mol. The quantitative estimate of drug-likeness (QED) is 0.694. The minimum Gasteiger partial charge on any atom is -0.328 e. The van der Waals surface area contributed by atoms with Crippen LogP contribution in [-0.2, 0) is 6.18 Å². The fourth-order valence-electron chi connectivity index (χ4n) is 1.47. The fraction of sp³-hybridized carbons (Fsp3) is 0.100. The van der Waals surface area contributed by atoms with Crippen LogP contribution >= 0.6 is 0 Å². The molecule has 0 atom stereocenters. The Balaban J connectivity index is 2.90. The summed E-state index contributed by atoms with van der Waals surface area (Å²) in [6, 6.07) is 2.61. The number of alkyl halides is 3. The van der Waals surface area contributed by atoms with Crippen molar-refractivity contribution >= 4 is 10.8 Å². The van der Waals surface area contributed by atoms with Gasteiger partial charge in [-0.05, 0) is 12.1 Å². The molecule has 2 rings (SSSR count). The Kier molecular flexibility index (Phi) is 2.22. The standard InChI is InChI=1S/C10H5F4NO/c11-5-1-2-6-7(3-5)9(16)15-4-8(6)10(12,13)14/h1-4H,(H,15,16). The van der Waals surface area contributed by atoms with Crippen molar-refractivity contribution in [3.63, 3.8) is 0 Å². The van der Waals surface area contributed by atoms with Crippen LogP contribution < -0.4 is 5.56 Å². The average Bonchev–Trinajstić information content (AvgIpc) is 2.17. The van der Waals surface area contributed by atoms with E-state index in [1.54, 1.807) is 0 Å². The topological polar surface area (TPSA) is 32.9 Å². The Morgan fingerprint density at radius 3 is 2.44 bits per heavy atom. The van der Waals surface area contributed by atoms with E-state index in [9.17, 15) is 22.4 Å². The van der Waals surface area contributed by atoms with Gasteiger partial charge >= 0.3 is 6.18 Å². The third-order valence-corrected chi connectivity index (χ3v) is 2.17. The lowest BCUT2D eigenvalue weighted by molar-refractivity contribution is -0.136. The molecule has 1 aromatic heterocycles. The lowest BCUT2D eigenvalue weighted by Crippen LogP contribution is -2.13. The zero-order valence-electron chi connectivity index (χ0n) is 7.73.